The lowest BCUT2D eigenvalue weighted by molar-refractivity contribution is 0.819. The van der Waals surface area contributed by atoms with Crippen molar-refractivity contribution >= 4 is 17.0 Å². The average molecular weight is 433 g/mol. The zero-order chi connectivity index (χ0) is 21.4. The normalized spacial score (nSPS) is 11.4. The van der Waals surface area contributed by atoms with Gasteiger partial charge in [0, 0.05) is 28.1 Å². The zero-order valence-electron chi connectivity index (χ0n) is 17.1. The van der Waals surface area contributed by atoms with E-state index in [4.69, 9.17) is 4.98 Å². The molecule has 0 aliphatic rings. The minimum Gasteiger partial charge on any atom is -0.246 e. The zero-order valence-corrected chi connectivity index (χ0v) is 17.9. The van der Waals surface area contributed by atoms with Crippen molar-refractivity contribution < 1.29 is 0 Å². The van der Waals surface area contributed by atoms with Gasteiger partial charge in [0.2, 0.25) is 5.82 Å². The molecule has 0 unspecified atom stereocenters. The summed E-state index contributed by atoms with van der Waals surface area (Å²) in [5.74, 6) is 1.24. The van der Waals surface area contributed by atoms with Gasteiger partial charge >= 0.3 is 5.69 Å². The summed E-state index contributed by atoms with van der Waals surface area (Å²) < 4.78 is 1.55. The van der Waals surface area contributed by atoms with E-state index in [0.29, 0.717) is 23.7 Å². The first-order valence-corrected chi connectivity index (χ1v) is 10.9. The third-order valence-electron chi connectivity index (χ3n) is 5.25. The predicted octanol–water partition coefficient (Wildman–Crippen LogP) is 3.18. The smallest absolute Gasteiger partial charge is 0.246 e. The lowest BCUT2D eigenvalue weighted by Gasteiger charge is -2.12. The van der Waals surface area contributed by atoms with Gasteiger partial charge in [-0.25, -0.2) is 19.3 Å². The van der Waals surface area contributed by atoms with E-state index < -0.39 is 0 Å². The summed E-state index contributed by atoms with van der Waals surface area (Å²) in [6.45, 7) is 3.96. The molecule has 1 aromatic carbocycles. The number of benzene rings is 1. The van der Waals surface area contributed by atoms with Gasteiger partial charge in [-0.05, 0) is 41.1 Å². The molecule has 31 heavy (non-hydrogen) atoms. The van der Waals surface area contributed by atoms with Crippen molar-refractivity contribution in [2.75, 3.05) is 0 Å². The first kappa shape index (κ1) is 19.3. The van der Waals surface area contributed by atoms with Crippen molar-refractivity contribution in [2.24, 2.45) is 0 Å². The maximum atomic E-state index is 12.2. The first-order chi connectivity index (χ1) is 15.2. The van der Waals surface area contributed by atoms with Crippen LogP contribution in [0.2, 0.25) is 0 Å². The van der Waals surface area contributed by atoms with Crippen LogP contribution in [-0.2, 0) is 12.8 Å². The van der Waals surface area contributed by atoms with Crippen LogP contribution in [-0.4, -0.2) is 40.2 Å². The second-order valence-corrected chi connectivity index (χ2v) is 8.21. The van der Waals surface area contributed by atoms with Crippen LogP contribution in [0.4, 0.5) is 0 Å². The summed E-state index contributed by atoms with van der Waals surface area (Å²) in [6.07, 6.45) is 2.47. The summed E-state index contributed by atoms with van der Waals surface area (Å²) in [5, 5.41) is 23.2. The Labute approximate surface area is 181 Å². The largest absolute Gasteiger partial charge is 0.349 e. The molecule has 0 bridgehead atoms. The van der Waals surface area contributed by atoms with Crippen LogP contribution in [0.15, 0.2) is 40.5 Å². The molecule has 2 N–H and O–H groups in total. The molecule has 5 aromatic rings. The van der Waals surface area contributed by atoms with E-state index in [1.165, 1.54) is 0 Å². The summed E-state index contributed by atoms with van der Waals surface area (Å²) in [5.41, 5.74) is 5.55. The molecule has 0 aliphatic carbocycles. The van der Waals surface area contributed by atoms with Crippen molar-refractivity contribution in [2.45, 2.75) is 33.1 Å². The molecule has 0 saturated heterocycles. The molecular weight excluding hydrogens is 412 g/mol. The van der Waals surface area contributed by atoms with Gasteiger partial charge in [0.05, 0.1) is 0 Å². The van der Waals surface area contributed by atoms with E-state index in [0.717, 1.165) is 45.7 Å². The summed E-state index contributed by atoms with van der Waals surface area (Å²) >= 11 is 1.64. The van der Waals surface area contributed by atoms with Crippen LogP contribution in [0.25, 0.3) is 27.5 Å². The molecule has 9 nitrogen and oxygen atoms in total. The number of fused-ring (bicyclic) bond motifs is 1. The standard InChI is InChI=1S/C21H20N8OS/c1-3-4-17-16(20-25-26-21(30)29(20)12(2)22-17)11-13-5-7-14(8-6-13)18-15(9-10-31-18)19-23-27-28-24-19/h5-10H,3-4,11H2,1-2H3,(H,26,30)(H,23,24,27,28). The van der Waals surface area contributed by atoms with Crippen LogP contribution < -0.4 is 5.69 Å². The number of rotatable bonds is 6. The van der Waals surface area contributed by atoms with Gasteiger partial charge in [0.15, 0.2) is 5.65 Å². The molecule has 0 atom stereocenters. The van der Waals surface area contributed by atoms with Crippen LogP contribution >= 0.6 is 11.3 Å². The number of nitrogens with zero attached hydrogens (tertiary/aromatic N) is 6. The van der Waals surface area contributed by atoms with E-state index in [2.05, 4.69) is 62.0 Å². The molecule has 5 rings (SSSR count). The minimum absolute atomic E-state index is 0.258. The summed E-state index contributed by atoms with van der Waals surface area (Å²) in [6, 6.07) is 10.4. The summed E-state index contributed by atoms with van der Waals surface area (Å²) in [4.78, 5) is 18.0. The number of aryl methyl sites for hydroxylation is 2. The highest BCUT2D eigenvalue weighted by Crippen LogP contribution is 2.35. The van der Waals surface area contributed by atoms with Gasteiger partial charge in [-0.3, -0.25) is 0 Å². The third-order valence-corrected chi connectivity index (χ3v) is 6.21. The van der Waals surface area contributed by atoms with E-state index in [-0.39, 0.29) is 5.69 Å². The van der Waals surface area contributed by atoms with Gasteiger partial charge in [-0.1, -0.05) is 37.6 Å². The Bertz CT molecular complexity index is 1400. The Balaban J connectivity index is 1.51. The maximum absolute atomic E-state index is 12.2. The molecule has 0 fully saturated rings. The fourth-order valence-electron chi connectivity index (χ4n) is 3.83. The van der Waals surface area contributed by atoms with Gasteiger partial charge < -0.3 is 0 Å². The van der Waals surface area contributed by atoms with Crippen LogP contribution in [0.5, 0.6) is 0 Å². The third kappa shape index (κ3) is 3.44. The molecule has 4 aromatic heterocycles. The van der Waals surface area contributed by atoms with Crippen molar-refractivity contribution in [1.29, 1.82) is 0 Å². The second kappa shape index (κ2) is 7.88. The molecule has 156 valence electrons. The van der Waals surface area contributed by atoms with Crippen LogP contribution in [0.1, 0.15) is 36.0 Å². The average Bonchev–Trinajstić information content (AvgIpc) is 3.52. The molecule has 10 heteroatoms. The lowest BCUT2D eigenvalue weighted by Crippen LogP contribution is -2.16. The number of aromatic amines is 2. The van der Waals surface area contributed by atoms with E-state index in [1.54, 1.807) is 15.7 Å². The van der Waals surface area contributed by atoms with Crippen LogP contribution in [0, 0.1) is 6.92 Å². The van der Waals surface area contributed by atoms with E-state index in [1.807, 2.05) is 18.4 Å². The number of tetrazole rings is 1. The number of hydrogen-bond acceptors (Lipinski definition) is 7. The molecule has 0 radical (unpaired) electrons. The Hall–Kier alpha value is -3.66. The quantitative estimate of drug-likeness (QED) is 0.426. The van der Waals surface area contributed by atoms with Crippen molar-refractivity contribution in [3.63, 3.8) is 0 Å². The van der Waals surface area contributed by atoms with Gasteiger partial charge in [0.1, 0.15) is 5.82 Å². The molecule has 4 heterocycles. The number of aromatic nitrogens is 8. The Morgan fingerprint density at radius 1 is 1.13 bits per heavy atom. The monoisotopic (exact) mass is 432 g/mol. The van der Waals surface area contributed by atoms with Crippen LogP contribution in [0.3, 0.4) is 0 Å². The predicted molar refractivity (Wildman–Crippen MR) is 118 cm³/mol. The molecule has 0 saturated carbocycles. The topological polar surface area (TPSA) is 118 Å². The van der Waals surface area contributed by atoms with Crippen molar-refractivity contribution in [3.8, 4) is 21.8 Å². The highest BCUT2D eigenvalue weighted by molar-refractivity contribution is 7.14. The van der Waals surface area contributed by atoms with Gasteiger partial charge in [-0.15, -0.1) is 21.5 Å². The highest BCUT2D eigenvalue weighted by atomic mass is 32.1. The molecule has 0 spiro atoms. The number of thiophene rings is 1. The highest BCUT2D eigenvalue weighted by Gasteiger charge is 2.17. The second-order valence-electron chi connectivity index (χ2n) is 7.29. The van der Waals surface area contributed by atoms with E-state index >= 15 is 0 Å². The van der Waals surface area contributed by atoms with E-state index in [9.17, 15) is 4.79 Å². The summed E-state index contributed by atoms with van der Waals surface area (Å²) in [7, 11) is 0. The van der Waals surface area contributed by atoms with Gasteiger partial charge in [-0.2, -0.15) is 10.3 Å². The fraction of sp³-hybridized carbons (Fsp3) is 0.238. The molecule has 0 amide bonds. The SMILES string of the molecule is CCCc1nc(C)n2c(=O)[nH]nc2c1Cc1ccc(-c2sccc2-c2nn[nH]n2)cc1. The maximum Gasteiger partial charge on any atom is 0.349 e. The lowest BCUT2D eigenvalue weighted by atomic mass is 10.00. The Morgan fingerprint density at radius 2 is 1.97 bits per heavy atom. The molecule has 0 aliphatic heterocycles. The number of H-pyrrole nitrogens is 2. The number of nitrogens with one attached hydrogen (secondary N) is 2. The minimum atomic E-state index is -0.258. The Morgan fingerprint density at radius 3 is 2.71 bits per heavy atom. The van der Waals surface area contributed by atoms with Crippen molar-refractivity contribution in [1.82, 2.24) is 40.2 Å². The molecular formula is C21H20N8OS. The first-order valence-electron chi connectivity index (χ1n) is 10.0. The fourth-order valence-corrected chi connectivity index (χ4v) is 4.73. The van der Waals surface area contributed by atoms with Crippen molar-refractivity contribution in [3.05, 3.63) is 68.8 Å². The number of hydrogen-bond donors (Lipinski definition) is 2. The Kier molecular flexibility index (Phi) is 4.91. The van der Waals surface area contributed by atoms with Gasteiger partial charge in [0.25, 0.3) is 0 Å².